The van der Waals surface area contributed by atoms with Crippen LogP contribution in [0.1, 0.15) is 62.3 Å². The Morgan fingerprint density at radius 2 is 1.89 bits per heavy atom. The second-order valence-electron chi connectivity index (χ2n) is 9.97. The highest BCUT2D eigenvalue weighted by Crippen LogP contribution is 2.42. The molecular formula is C29H31N3O6. The van der Waals surface area contributed by atoms with Gasteiger partial charge in [0.2, 0.25) is 5.91 Å². The number of hydrogen-bond donors (Lipinski definition) is 1. The number of pyridine rings is 2. The van der Waals surface area contributed by atoms with E-state index in [9.17, 15) is 24.3 Å². The zero-order chi connectivity index (χ0) is 27.4. The molecule has 0 spiro atoms. The molecule has 1 aliphatic heterocycles. The number of phenolic OH excluding ortho intramolecular Hbond substituents is 1. The van der Waals surface area contributed by atoms with E-state index in [2.05, 4.69) is 0 Å². The van der Waals surface area contributed by atoms with E-state index in [4.69, 9.17) is 9.72 Å². The summed E-state index contributed by atoms with van der Waals surface area (Å²) in [7, 11) is 1.51. The maximum atomic E-state index is 13.8. The van der Waals surface area contributed by atoms with Gasteiger partial charge in [-0.05, 0) is 49.1 Å². The number of ketones is 1. The number of amides is 1. The van der Waals surface area contributed by atoms with Crippen molar-refractivity contribution in [1.29, 1.82) is 0 Å². The van der Waals surface area contributed by atoms with E-state index in [-0.39, 0.29) is 55.2 Å². The number of fused-ring (bicyclic) bond motifs is 5. The number of aromatic nitrogens is 2. The number of aromatic hydroxyl groups is 1. The Morgan fingerprint density at radius 1 is 1.13 bits per heavy atom. The van der Waals surface area contributed by atoms with Gasteiger partial charge in [0.25, 0.3) is 5.56 Å². The molecule has 3 heterocycles. The highest BCUT2D eigenvalue weighted by atomic mass is 16.6. The van der Waals surface area contributed by atoms with Crippen LogP contribution < -0.4 is 5.56 Å². The first kappa shape index (κ1) is 25.6. The Labute approximate surface area is 220 Å². The topological polar surface area (TPSA) is 119 Å². The van der Waals surface area contributed by atoms with Crippen LogP contribution in [-0.2, 0) is 44.1 Å². The second-order valence-corrected chi connectivity index (χ2v) is 9.97. The maximum absolute atomic E-state index is 13.8. The van der Waals surface area contributed by atoms with Gasteiger partial charge < -0.3 is 19.3 Å². The van der Waals surface area contributed by atoms with Gasteiger partial charge in [-0.15, -0.1) is 0 Å². The SMILES string of the molecule is CCC(=O)N(C)CC(=O)O[C@]1(CC)C(=O)CCc2c1cc1n(c2=O)Cc2c-1nc1ccc(O)cc1c2CC. The molecule has 1 aliphatic carbocycles. The fourth-order valence-corrected chi connectivity index (χ4v) is 5.89. The first-order valence-corrected chi connectivity index (χ1v) is 13.1. The van der Waals surface area contributed by atoms with Gasteiger partial charge in [0.15, 0.2) is 11.4 Å². The van der Waals surface area contributed by atoms with Crippen molar-refractivity contribution in [3.05, 3.63) is 56.9 Å². The summed E-state index contributed by atoms with van der Waals surface area (Å²) in [6.07, 6.45) is 1.44. The molecule has 0 bridgehead atoms. The number of esters is 1. The summed E-state index contributed by atoms with van der Waals surface area (Å²) < 4.78 is 7.57. The van der Waals surface area contributed by atoms with Gasteiger partial charge in [0, 0.05) is 42.0 Å². The highest BCUT2D eigenvalue weighted by molar-refractivity contribution is 5.94. The molecule has 0 unspecified atom stereocenters. The third kappa shape index (κ3) is 3.79. The third-order valence-electron chi connectivity index (χ3n) is 7.87. The van der Waals surface area contributed by atoms with Crippen LogP contribution in [0, 0.1) is 0 Å². The minimum absolute atomic E-state index is 0.0843. The molecule has 0 saturated carbocycles. The van der Waals surface area contributed by atoms with Crippen molar-refractivity contribution in [3.63, 3.8) is 0 Å². The van der Waals surface area contributed by atoms with Gasteiger partial charge in [-0.3, -0.25) is 19.2 Å². The van der Waals surface area contributed by atoms with Crippen molar-refractivity contribution in [2.45, 2.75) is 65.0 Å². The van der Waals surface area contributed by atoms with Gasteiger partial charge in [-0.2, -0.15) is 0 Å². The Bertz CT molecular complexity index is 1570. The predicted molar refractivity (Wildman–Crippen MR) is 141 cm³/mol. The summed E-state index contributed by atoms with van der Waals surface area (Å²) in [6, 6.07) is 6.81. The second kappa shape index (κ2) is 9.38. The van der Waals surface area contributed by atoms with E-state index < -0.39 is 11.6 Å². The van der Waals surface area contributed by atoms with Gasteiger partial charge in [0.1, 0.15) is 12.3 Å². The largest absolute Gasteiger partial charge is 0.508 e. The molecule has 9 heteroatoms. The van der Waals surface area contributed by atoms with Crippen LogP contribution in [0.4, 0.5) is 0 Å². The first-order chi connectivity index (χ1) is 18.1. The van der Waals surface area contributed by atoms with E-state index in [1.807, 2.05) is 6.92 Å². The standard InChI is InChI=1S/C29H31N3O6/c1-5-17-19-12-16(33)8-10-22(19)30-27-20(17)14-32-23(27)13-21-18(28(32)37)9-11-24(34)29(21,7-3)38-26(36)15-31(4)25(35)6-2/h8,10,12-13,33H,5-7,9,11,14-15H2,1-4H3/t29-/m0/s1. The number of nitrogens with zero attached hydrogens (tertiary/aromatic N) is 3. The van der Waals surface area contributed by atoms with E-state index >= 15 is 0 Å². The molecule has 38 heavy (non-hydrogen) atoms. The molecule has 0 fully saturated rings. The molecule has 198 valence electrons. The number of ether oxygens (including phenoxy) is 1. The minimum atomic E-state index is -1.60. The molecule has 0 radical (unpaired) electrons. The molecule has 0 saturated heterocycles. The average Bonchev–Trinajstić information content (AvgIpc) is 3.27. The number of carbonyl (C=O) groups is 3. The molecule has 1 aromatic carbocycles. The lowest BCUT2D eigenvalue weighted by atomic mass is 9.76. The molecule has 3 aromatic rings. The first-order valence-electron chi connectivity index (χ1n) is 13.1. The minimum Gasteiger partial charge on any atom is -0.508 e. The quantitative estimate of drug-likeness (QED) is 0.390. The molecular weight excluding hydrogens is 486 g/mol. The summed E-state index contributed by atoms with van der Waals surface area (Å²) >= 11 is 0. The van der Waals surface area contributed by atoms with E-state index in [1.54, 1.807) is 42.7 Å². The Balaban J connectivity index is 1.66. The average molecular weight is 518 g/mol. The van der Waals surface area contributed by atoms with Crippen LogP contribution in [0.3, 0.4) is 0 Å². The summed E-state index contributed by atoms with van der Waals surface area (Å²) in [5.41, 5.74) is 2.91. The van der Waals surface area contributed by atoms with Crippen LogP contribution in [0.15, 0.2) is 29.1 Å². The Hall–Kier alpha value is -4.01. The third-order valence-corrected chi connectivity index (χ3v) is 7.87. The number of rotatable bonds is 6. The van der Waals surface area contributed by atoms with Crippen molar-refractivity contribution in [1.82, 2.24) is 14.5 Å². The van der Waals surface area contributed by atoms with Crippen LogP contribution in [0.25, 0.3) is 22.3 Å². The summed E-state index contributed by atoms with van der Waals surface area (Å²) in [6.45, 7) is 5.54. The van der Waals surface area contributed by atoms with Crippen LogP contribution in [0.2, 0.25) is 0 Å². The molecule has 2 aromatic heterocycles. The van der Waals surface area contributed by atoms with Crippen molar-refractivity contribution in [2.24, 2.45) is 0 Å². The summed E-state index contributed by atoms with van der Waals surface area (Å²) in [5.74, 6) is -1.02. The molecule has 5 rings (SSSR count). The number of phenols is 1. The van der Waals surface area contributed by atoms with Crippen molar-refractivity contribution in [3.8, 4) is 17.1 Å². The number of likely N-dealkylation sites (N-methyl/N-ethyl adjacent to an activating group) is 1. The van der Waals surface area contributed by atoms with E-state index in [0.29, 0.717) is 41.0 Å². The fraction of sp³-hybridized carbons (Fsp3) is 0.414. The maximum Gasteiger partial charge on any atom is 0.326 e. The van der Waals surface area contributed by atoms with Gasteiger partial charge >= 0.3 is 5.97 Å². The number of benzene rings is 1. The number of Topliss-reactive ketones (excluding diaryl/α,β-unsaturated/α-hetero) is 1. The van der Waals surface area contributed by atoms with Crippen molar-refractivity contribution in [2.75, 3.05) is 13.6 Å². The monoisotopic (exact) mass is 517 g/mol. The lowest BCUT2D eigenvalue weighted by molar-refractivity contribution is -0.172. The van der Waals surface area contributed by atoms with Gasteiger partial charge in [-0.1, -0.05) is 20.8 Å². The molecule has 1 atom stereocenters. The number of carbonyl (C=O) groups excluding carboxylic acids is 3. The zero-order valence-electron chi connectivity index (χ0n) is 22.1. The fourth-order valence-electron chi connectivity index (χ4n) is 5.89. The number of hydrogen-bond acceptors (Lipinski definition) is 7. The Morgan fingerprint density at radius 3 is 2.58 bits per heavy atom. The highest BCUT2D eigenvalue weighted by Gasteiger charge is 2.48. The zero-order valence-corrected chi connectivity index (χ0v) is 22.1. The lowest BCUT2D eigenvalue weighted by Gasteiger charge is -2.37. The predicted octanol–water partition coefficient (Wildman–Crippen LogP) is 3.23. The van der Waals surface area contributed by atoms with Crippen LogP contribution in [0.5, 0.6) is 5.75 Å². The van der Waals surface area contributed by atoms with Gasteiger partial charge in [-0.25, -0.2) is 4.98 Å². The molecule has 9 nitrogen and oxygen atoms in total. The normalized spacial score (nSPS) is 17.6. The lowest BCUT2D eigenvalue weighted by Crippen LogP contribution is -2.47. The molecule has 1 amide bonds. The van der Waals surface area contributed by atoms with Crippen molar-refractivity contribution >= 4 is 28.6 Å². The smallest absolute Gasteiger partial charge is 0.326 e. The Kier molecular flexibility index (Phi) is 6.33. The molecule has 2 aliphatic rings. The number of aryl methyl sites for hydroxylation is 1. The van der Waals surface area contributed by atoms with Crippen LogP contribution >= 0.6 is 0 Å². The van der Waals surface area contributed by atoms with Crippen molar-refractivity contribution < 1.29 is 24.2 Å². The molecule has 1 N–H and O–H groups in total. The van der Waals surface area contributed by atoms with E-state index in [1.165, 1.54) is 11.9 Å². The van der Waals surface area contributed by atoms with Crippen LogP contribution in [-0.4, -0.2) is 50.8 Å². The summed E-state index contributed by atoms with van der Waals surface area (Å²) in [5, 5.41) is 10.9. The van der Waals surface area contributed by atoms with Gasteiger partial charge in [0.05, 0.1) is 23.4 Å². The van der Waals surface area contributed by atoms with E-state index in [0.717, 1.165) is 16.5 Å². The summed E-state index contributed by atoms with van der Waals surface area (Å²) in [4.78, 5) is 58.3.